The summed E-state index contributed by atoms with van der Waals surface area (Å²) in [7, 11) is -2.52. The molecule has 0 aromatic heterocycles. The highest BCUT2D eigenvalue weighted by molar-refractivity contribution is 7.92. The average molecular weight is 408 g/mol. The molecule has 0 bridgehead atoms. The number of anilines is 1. The van der Waals surface area contributed by atoms with E-state index in [9.17, 15) is 17.6 Å². The molecule has 1 aliphatic heterocycles. The van der Waals surface area contributed by atoms with Crippen molar-refractivity contribution < 1.29 is 27.1 Å². The Labute approximate surface area is 162 Å². The highest BCUT2D eigenvalue weighted by Gasteiger charge is 2.22. The van der Waals surface area contributed by atoms with Crippen molar-refractivity contribution in [3.63, 3.8) is 0 Å². The number of aryl methyl sites for hydroxylation is 1. The van der Waals surface area contributed by atoms with Crippen LogP contribution in [0.15, 0.2) is 42.5 Å². The van der Waals surface area contributed by atoms with Gasteiger partial charge in [0.15, 0.2) is 0 Å². The number of sulfonamides is 1. The zero-order valence-corrected chi connectivity index (χ0v) is 16.1. The van der Waals surface area contributed by atoms with Crippen LogP contribution in [0.25, 0.3) is 0 Å². The Bertz CT molecular complexity index is 943. The SMILES string of the molecule is COC(=O)c1cc(OC2CNC2)ccc1NS(=O)(=O)CCc1ccc(F)cc1. The van der Waals surface area contributed by atoms with Crippen LogP contribution in [0, 0.1) is 5.82 Å². The van der Waals surface area contributed by atoms with E-state index in [0.717, 1.165) is 0 Å². The van der Waals surface area contributed by atoms with Crippen LogP contribution in [0.3, 0.4) is 0 Å². The number of carbonyl (C=O) groups is 1. The van der Waals surface area contributed by atoms with Crippen LogP contribution in [0.4, 0.5) is 10.1 Å². The van der Waals surface area contributed by atoms with E-state index < -0.39 is 16.0 Å². The molecule has 28 heavy (non-hydrogen) atoms. The minimum absolute atomic E-state index is 0.0174. The van der Waals surface area contributed by atoms with Gasteiger partial charge >= 0.3 is 5.97 Å². The van der Waals surface area contributed by atoms with E-state index in [-0.39, 0.29) is 35.3 Å². The second-order valence-electron chi connectivity index (χ2n) is 6.39. The maximum atomic E-state index is 13.0. The second kappa shape index (κ2) is 8.57. The van der Waals surface area contributed by atoms with Crippen molar-refractivity contribution in [1.82, 2.24) is 5.32 Å². The fraction of sp³-hybridized carbons (Fsp3) is 0.316. The third-order valence-corrected chi connectivity index (χ3v) is 5.55. The van der Waals surface area contributed by atoms with Gasteiger partial charge in [0.05, 0.1) is 24.1 Å². The number of carbonyl (C=O) groups excluding carboxylic acids is 1. The summed E-state index contributed by atoms with van der Waals surface area (Å²) in [6, 6.07) is 10.2. The quantitative estimate of drug-likeness (QED) is 0.649. The molecule has 2 N–H and O–H groups in total. The Balaban J connectivity index is 1.73. The van der Waals surface area contributed by atoms with E-state index >= 15 is 0 Å². The molecule has 9 heteroatoms. The summed E-state index contributed by atoms with van der Waals surface area (Å²) in [5, 5.41) is 3.07. The van der Waals surface area contributed by atoms with E-state index in [1.807, 2.05) is 0 Å². The molecule has 2 aromatic rings. The lowest BCUT2D eigenvalue weighted by molar-refractivity contribution is 0.0600. The number of hydrogen-bond acceptors (Lipinski definition) is 6. The van der Waals surface area contributed by atoms with Gasteiger partial charge in [-0.05, 0) is 42.3 Å². The Morgan fingerprint density at radius 3 is 2.54 bits per heavy atom. The van der Waals surface area contributed by atoms with Crippen molar-refractivity contribution in [2.24, 2.45) is 0 Å². The molecule has 0 amide bonds. The van der Waals surface area contributed by atoms with Gasteiger partial charge in [0, 0.05) is 13.1 Å². The normalized spacial score (nSPS) is 14.2. The molecule has 1 aliphatic rings. The van der Waals surface area contributed by atoms with Gasteiger partial charge in [-0.15, -0.1) is 0 Å². The first-order chi connectivity index (χ1) is 13.4. The smallest absolute Gasteiger partial charge is 0.340 e. The third kappa shape index (κ3) is 5.20. The molecule has 7 nitrogen and oxygen atoms in total. The zero-order chi connectivity index (χ0) is 20.1. The summed E-state index contributed by atoms with van der Waals surface area (Å²) in [6.45, 7) is 1.43. The van der Waals surface area contributed by atoms with Crippen molar-refractivity contribution >= 4 is 21.7 Å². The number of rotatable bonds is 8. The maximum Gasteiger partial charge on any atom is 0.340 e. The van der Waals surface area contributed by atoms with Crippen LogP contribution < -0.4 is 14.8 Å². The molecule has 1 saturated heterocycles. The topological polar surface area (TPSA) is 93.7 Å². The molecule has 150 valence electrons. The summed E-state index contributed by atoms with van der Waals surface area (Å²) in [6.07, 6.45) is 0.225. The number of halogens is 1. The van der Waals surface area contributed by atoms with Crippen molar-refractivity contribution in [3.8, 4) is 5.75 Å². The largest absolute Gasteiger partial charge is 0.488 e. The Morgan fingerprint density at radius 1 is 1.21 bits per heavy atom. The summed E-state index contributed by atoms with van der Waals surface area (Å²) in [5.74, 6) is -0.812. The van der Waals surface area contributed by atoms with Gasteiger partial charge in [-0.2, -0.15) is 0 Å². The fourth-order valence-corrected chi connectivity index (χ4v) is 3.74. The molecule has 0 radical (unpaired) electrons. The molecular formula is C19H21FN2O5S. The van der Waals surface area contributed by atoms with Crippen molar-refractivity contribution in [3.05, 3.63) is 59.4 Å². The average Bonchev–Trinajstić information content (AvgIpc) is 2.64. The van der Waals surface area contributed by atoms with Gasteiger partial charge in [-0.3, -0.25) is 4.72 Å². The molecule has 2 aromatic carbocycles. The number of esters is 1. The lowest BCUT2D eigenvalue weighted by Crippen LogP contribution is -2.50. The van der Waals surface area contributed by atoms with E-state index in [1.54, 1.807) is 6.07 Å². The fourth-order valence-electron chi connectivity index (χ4n) is 2.62. The zero-order valence-electron chi connectivity index (χ0n) is 15.3. The number of ether oxygens (including phenoxy) is 2. The van der Waals surface area contributed by atoms with Gasteiger partial charge in [-0.1, -0.05) is 12.1 Å². The standard InChI is InChI=1S/C19H21FN2O5S/c1-26-19(23)17-10-15(27-16-11-21-12-16)6-7-18(17)22-28(24,25)9-8-13-2-4-14(20)5-3-13/h2-7,10,16,21-22H,8-9,11-12H2,1H3. The third-order valence-electron chi connectivity index (χ3n) is 4.28. The van der Waals surface area contributed by atoms with Crippen LogP contribution in [0.5, 0.6) is 5.75 Å². The lowest BCUT2D eigenvalue weighted by atomic mass is 10.1. The van der Waals surface area contributed by atoms with Gasteiger partial charge in [0.25, 0.3) is 0 Å². The first-order valence-corrected chi connectivity index (χ1v) is 10.4. The summed E-state index contributed by atoms with van der Waals surface area (Å²) < 4.78 is 50.7. The highest BCUT2D eigenvalue weighted by atomic mass is 32.2. The first kappa shape index (κ1) is 20.1. The Hall–Kier alpha value is -2.65. The summed E-state index contributed by atoms with van der Waals surface area (Å²) in [5.41, 5.74) is 0.875. The van der Waals surface area contributed by atoms with Gasteiger partial charge < -0.3 is 14.8 Å². The molecule has 1 fully saturated rings. The van der Waals surface area contributed by atoms with Crippen molar-refractivity contribution in [2.45, 2.75) is 12.5 Å². The summed E-state index contributed by atoms with van der Waals surface area (Å²) >= 11 is 0. The van der Waals surface area contributed by atoms with E-state index in [2.05, 4.69) is 10.0 Å². The number of methoxy groups -OCH3 is 1. The van der Waals surface area contributed by atoms with Crippen molar-refractivity contribution in [1.29, 1.82) is 0 Å². The minimum Gasteiger partial charge on any atom is -0.488 e. The Morgan fingerprint density at radius 2 is 1.93 bits per heavy atom. The molecule has 1 heterocycles. The predicted octanol–water partition coefficient (Wildman–Crippen LogP) is 1.95. The second-order valence-corrected chi connectivity index (χ2v) is 8.24. The van der Waals surface area contributed by atoms with Crippen LogP contribution in [0.2, 0.25) is 0 Å². The van der Waals surface area contributed by atoms with Crippen LogP contribution in [-0.4, -0.2) is 46.4 Å². The van der Waals surface area contributed by atoms with Crippen LogP contribution in [-0.2, 0) is 21.2 Å². The molecule has 0 aliphatic carbocycles. The monoisotopic (exact) mass is 408 g/mol. The maximum absolute atomic E-state index is 13.0. The first-order valence-electron chi connectivity index (χ1n) is 8.71. The Kier molecular flexibility index (Phi) is 6.15. The number of nitrogens with one attached hydrogen (secondary N) is 2. The van der Waals surface area contributed by atoms with E-state index in [4.69, 9.17) is 9.47 Å². The number of benzene rings is 2. The minimum atomic E-state index is -3.74. The highest BCUT2D eigenvalue weighted by Crippen LogP contribution is 2.25. The molecule has 0 atom stereocenters. The van der Waals surface area contributed by atoms with Crippen LogP contribution >= 0.6 is 0 Å². The number of hydrogen-bond donors (Lipinski definition) is 2. The molecular weight excluding hydrogens is 387 g/mol. The van der Waals surface area contributed by atoms with Gasteiger partial charge in [-0.25, -0.2) is 17.6 Å². The molecule has 0 unspecified atom stereocenters. The predicted molar refractivity (Wildman–Crippen MR) is 103 cm³/mol. The summed E-state index contributed by atoms with van der Waals surface area (Å²) in [4.78, 5) is 12.1. The molecule has 3 rings (SSSR count). The van der Waals surface area contributed by atoms with Gasteiger partial charge in [0.2, 0.25) is 10.0 Å². The molecule has 0 spiro atoms. The van der Waals surface area contributed by atoms with E-state index in [0.29, 0.717) is 24.4 Å². The molecule has 0 saturated carbocycles. The van der Waals surface area contributed by atoms with Crippen molar-refractivity contribution in [2.75, 3.05) is 30.7 Å². The lowest BCUT2D eigenvalue weighted by Gasteiger charge is -2.28. The van der Waals surface area contributed by atoms with Gasteiger partial charge in [0.1, 0.15) is 17.7 Å². The van der Waals surface area contributed by atoms with E-state index in [1.165, 1.54) is 43.5 Å². The van der Waals surface area contributed by atoms with Crippen LogP contribution in [0.1, 0.15) is 15.9 Å².